The number of amides is 2. The van der Waals surface area contributed by atoms with Crippen molar-refractivity contribution in [3.63, 3.8) is 0 Å². The molecule has 0 heterocycles. The first-order valence-electron chi connectivity index (χ1n) is 9.37. The number of carbonyl (C=O) groups excluding carboxylic acids is 2. The standard InChI is InChI=1S/C9H17NO6.C7H11NO6.2CH4O/c1-5(11)10-8(9(14)15)7(13)3-6(12)4-16-2;1-3(9)8-6(7(13)14)4(10)2-5(11)12;2*1-2/h6-8,12-13H,3-4H2,1-2H3,(H,10,11)(H,14,15);4,6,10H,2H2,1H3,(H,8,9)(H,11,12)(H,13,14);2*2H,1H3/t6?,7-,8?;4-,6?;;/m11../s1. The van der Waals surface area contributed by atoms with Gasteiger partial charge < -0.3 is 56.2 Å². The summed E-state index contributed by atoms with van der Waals surface area (Å²) < 4.78 is 4.63. The lowest BCUT2D eigenvalue weighted by molar-refractivity contribution is -0.147. The van der Waals surface area contributed by atoms with Gasteiger partial charge >= 0.3 is 17.9 Å². The normalized spacial score (nSPS) is 13.8. The molecule has 0 aliphatic rings. The fourth-order valence-electron chi connectivity index (χ4n) is 2.06. The van der Waals surface area contributed by atoms with Crippen LogP contribution in [0.4, 0.5) is 0 Å². The van der Waals surface area contributed by atoms with Crippen LogP contribution in [0.15, 0.2) is 0 Å². The molecule has 0 rings (SSSR count). The van der Waals surface area contributed by atoms with Crippen LogP contribution in [0.2, 0.25) is 0 Å². The molecule has 0 aromatic rings. The second-order valence-electron chi connectivity index (χ2n) is 6.11. The largest absolute Gasteiger partial charge is 0.481 e. The molecule has 0 aliphatic carbocycles. The lowest BCUT2D eigenvalue weighted by atomic mass is 10.0. The van der Waals surface area contributed by atoms with E-state index in [4.69, 9.17) is 30.6 Å². The average Bonchev–Trinajstić information content (AvgIpc) is 2.72. The number of ether oxygens (including phenoxy) is 1. The molecule has 10 N–H and O–H groups in total. The smallest absolute Gasteiger partial charge is 0.328 e. The van der Waals surface area contributed by atoms with E-state index < -0.39 is 66.5 Å². The van der Waals surface area contributed by atoms with Gasteiger partial charge in [-0.3, -0.25) is 14.4 Å². The second kappa shape index (κ2) is 23.3. The molecule has 0 saturated heterocycles. The fraction of sp³-hybridized carbons (Fsp3) is 0.722. The van der Waals surface area contributed by atoms with Crippen LogP contribution in [0.25, 0.3) is 0 Å². The number of aliphatic hydroxyl groups excluding tert-OH is 5. The van der Waals surface area contributed by atoms with E-state index in [1.54, 1.807) is 0 Å². The number of aliphatic hydroxyl groups is 5. The predicted octanol–water partition coefficient (Wildman–Crippen LogP) is -4.04. The summed E-state index contributed by atoms with van der Waals surface area (Å²) in [5, 5.41) is 71.5. The molecule has 202 valence electrons. The molecule has 0 aromatic carbocycles. The third kappa shape index (κ3) is 22.3. The number of hydrogen-bond donors (Lipinski definition) is 10. The molecular formula is C18H36N2O14. The summed E-state index contributed by atoms with van der Waals surface area (Å²) in [6.45, 7) is 2.21. The first kappa shape index (κ1) is 38.4. The summed E-state index contributed by atoms with van der Waals surface area (Å²) >= 11 is 0. The Labute approximate surface area is 195 Å². The molecule has 0 radical (unpaired) electrons. The van der Waals surface area contributed by atoms with Gasteiger partial charge in [0, 0.05) is 41.6 Å². The zero-order chi connectivity index (χ0) is 28.0. The Morgan fingerprint density at radius 1 is 0.735 bits per heavy atom. The summed E-state index contributed by atoms with van der Waals surface area (Å²) in [6.07, 6.45) is -4.92. The van der Waals surface area contributed by atoms with Gasteiger partial charge in [-0.05, 0) is 0 Å². The van der Waals surface area contributed by atoms with Crippen molar-refractivity contribution in [2.45, 2.75) is 57.1 Å². The van der Waals surface area contributed by atoms with Gasteiger partial charge in [-0.1, -0.05) is 0 Å². The Hall–Kier alpha value is -2.89. The van der Waals surface area contributed by atoms with Gasteiger partial charge in [0.15, 0.2) is 12.1 Å². The highest BCUT2D eigenvalue weighted by atomic mass is 16.5. The van der Waals surface area contributed by atoms with Gasteiger partial charge in [-0.15, -0.1) is 0 Å². The van der Waals surface area contributed by atoms with Gasteiger partial charge in [-0.2, -0.15) is 0 Å². The van der Waals surface area contributed by atoms with Crippen molar-refractivity contribution in [1.29, 1.82) is 0 Å². The zero-order valence-corrected chi connectivity index (χ0v) is 19.5. The molecule has 0 aromatic heterocycles. The van der Waals surface area contributed by atoms with Crippen LogP contribution in [0.5, 0.6) is 0 Å². The fourth-order valence-corrected chi connectivity index (χ4v) is 2.06. The van der Waals surface area contributed by atoms with E-state index in [0.717, 1.165) is 28.1 Å². The van der Waals surface area contributed by atoms with E-state index in [9.17, 15) is 34.2 Å². The molecule has 16 nitrogen and oxygen atoms in total. The van der Waals surface area contributed by atoms with Crippen molar-refractivity contribution in [3.05, 3.63) is 0 Å². The second-order valence-corrected chi connectivity index (χ2v) is 6.11. The molecule has 0 bridgehead atoms. The minimum absolute atomic E-state index is 0.0104. The van der Waals surface area contributed by atoms with Gasteiger partial charge in [0.2, 0.25) is 11.8 Å². The van der Waals surface area contributed by atoms with E-state index in [1.807, 2.05) is 5.32 Å². The molecule has 0 fully saturated rings. The number of aliphatic carboxylic acids is 3. The van der Waals surface area contributed by atoms with E-state index in [0.29, 0.717) is 0 Å². The average molecular weight is 504 g/mol. The third-order valence-electron chi connectivity index (χ3n) is 3.28. The highest BCUT2D eigenvalue weighted by molar-refractivity contribution is 5.83. The van der Waals surface area contributed by atoms with Crippen LogP contribution in [-0.4, -0.2) is 129 Å². The number of methoxy groups -OCH3 is 1. The maximum absolute atomic E-state index is 10.7. The van der Waals surface area contributed by atoms with E-state index in [1.165, 1.54) is 7.11 Å². The maximum Gasteiger partial charge on any atom is 0.328 e. The van der Waals surface area contributed by atoms with Gasteiger partial charge in [-0.25, -0.2) is 9.59 Å². The molecular weight excluding hydrogens is 468 g/mol. The highest BCUT2D eigenvalue weighted by Crippen LogP contribution is 2.05. The summed E-state index contributed by atoms with van der Waals surface area (Å²) in [5.74, 6) is -5.38. The van der Waals surface area contributed by atoms with Crippen molar-refractivity contribution in [3.8, 4) is 0 Å². The van der Waals surface area contributed by atoms with Crippen molar-refractivity contribution in [2.75, 3.05) is 27.9 Å². The van der Waals surface area contributed by atoms with Crippen LogP contribution in [0.1, 0.15) is 26.7 Å². The summed E-state index contributed by atoms with van der Waals surface area (Å²) in [7, 11) is 3.37. The highest BCUT2D eigenvalue weighted by Gasteiger charge is 2.29. The van der Waals surface area contributed by atoms with Crippen LogP contribution in [-0.2, 0) is 28.7 Å². The van der Waals surface area contributed by atoms with Crippen LogP contribution >= 0.6 is 0 Å². The maximum atomic E-state index is 10.7. The van der Waals surface area contributed by atoms with Gasteiger partial charge in [0.1, 0.15) is 0 Å². The minimum atomic E-state index is -1.64. The van der Waals surface area contributed by atoms with Crippen molar-refractivity contribution < 1.29 is 69.6 Å². The molecule has 0 aliphatic heterocycles. The van der Waals surface area contributed by atoms with Gasteiger partial charge in [0.25, 0.3) is 0 Å². The SMILES string of the molecule is CC(=O)NC(C(=O)O)[C@H](O)CC(=O)O.CO.CO.COCC(O)C[C@@H](O)C(NC(C)=O)C(=O)O. The predicted molar refractivity (Wildman–Crippen MR) is 114 cm³/mol. The topological polar surface area (TPSA) is 280 Å². The number of hydrogen-bond acceptors (Lipinski definition) is 11. The third-order valence-corrected chi connectivity index (χ3v) is 3.28. The molecule has 0 saturated carbocycles. The summed E-state index contributed by atoms with van der Waals surface area (Å²) in [4.78, 5) is 52.6. The molecule has 2 amide bonds. The summed E-state index contributed by atoms with van der Waals surface area (Å²) in [6, 6.07) is -3.02. The Kier molecular flexibility index (Phi) is 26.3. The number of nitrogens with one attached hydrogen (secondary N) is 2. The molecule has 3 unspecified atom stereocenters. The minimum Gasteiger partial charge on any atom is -0.481 e. The van der Waals surface area contributed by atoms with E-state index in [2.05, 4.69) is 10.1 Å². The number of carboxylic acids is 3. The Morgan fingerprint density at radius 2 is 1.09 bits per heavy atom. The summed E-state index contributed by atoms with van der Waals surface area (Å²) in [5.41, 5.74) is 0. The molecule has 16 heteroatoms. The zero-order valence-electron chi connectivity index (χ0n) is 19.5. The van der Waals surface area contributed by atoms with E-state index >= 15 is 0 Å². The van der Waals surface area contributed by atoms with Crippen molar-refractivity contribution in [2.24, 2.45) is 0 Å². The van der Waals surface area contributed by atoms with Crippen LogP contribution < -0.4 is 10.6 Å². The lowest BCUT2D eigenvalue weighted by Gasteiger charge is -2.21. The number of carboxylic acid groups (broad SMARTS) is 3. The number of carbonyl (C=O) groups is 5. The van der Waals surface area contributed by atoms with Crippen LogP contribution in [0, 0.1) is 0 Å². The molecule has 0 spiro atoms. The number of rotatable bonds is 12. The van der Waals surface area contributed by atoms with Crippen molar-refractivity contribution in [1.82, 2.24) is 10.6 Å². The first-order chi connectivity index (χ1) is 15.7. The molecule has 5 atom stereocenters. The monoisotopic (exact) mass is 504 g/mol. The van der Waals surface area contributed by atoms with Crippen LogP contribution in [0.3, 0.4) is 0 Å². The van der Waals surface area contributed by atoms with E-state index in [-0.39, 0.29) is 13.0 Å². The Bertz CT molecular complexity index is 601. The Balaban J connectivity index is -0.000000232. The Morgan fingerprint density at radius 3 is 1.35 bits per heavy atom. The first-order valence-corrected chi connectivity index (χ1v) is 9.37. The van der Waals surface area contributed by atoms with Crippen molar-refractivity contribution >= 4 is 29.7 Å². The quantitative estimate of drug-likeness (QED) is 0.121. The lowest BCUT2D eigenvalue weighted by Crippen LogP contribution is -2.49. The van der Waals surface area contributed by atoms with Gasteiger partial charge in [0.05, 0.1) is 31.3 Å². The molecule has 34 heavy (non-hydrogen) atoms.